The maximum absolute atomic E-state index is 10.2. The van der Waals surface area contributed by atoms with Crippen LogP contribution in [0.2, 0.25) is 0 Å². The Bertz CT molecular complexity index is 1040. The van der Waals surface area contributed by atoms with E-state index in [1.807, 2.05) is 12.1 Å². The van der Waals surface area contributed by atoms with Crippen LogP contribution in [0.4, 0.5) is 0 Å². The van der Waals surface area contributed by atoms with E-state index in [1.54, 1.807) is 33.1 Å². The number of benzene rings is 1. The van der Waals surface area contributed by atoms with Crippen LogP contribution < -0.4 is 9.47 Å². The number of allylic oxidation sites excluding steroid dienone is 1. The number of methoxy groups -OCH3 is 3. The number of nitrogens with zero attached hydrogens (tertiary/aromatic N) is 4. The van der Waals surface area contributed by atoms with Crippen molar-refractivity contribution in [3.05, 3.63) is 34.4 Å². The van der Waals surface area contributed by atoms with Gasteiger partial charge in [-0.1, -0.05) is 6.07 Å². The van der Waals surface area contributed by atoms with Crippen molar-refractivity contribution in [3.8, 4) is 17.6 Å². The quantitative estimate of drug-likeness (QED) is 0.479. The largest absolute Gasteiger partial charge is 0.493 e. The maximum Gasteiger partial charge on any atom is 0.160 e. The normalized spacial score (nSPS) is 23.8. The van der Waals surface area contributed by atoms with E-state index in [0.29, 0.717) is 6.61 Å². The zero-order chi connectivity index (χ0) is 26.4. The third-order valence-corrected chi connectivity index (χ3v) is 8.50. The van der Waals surface area contributed by atoms with Gasteiger partial charge in [0.2, 0.25) is 0 Å². The lowest BCUT2D eigenvalue weighted by Gasteiger charge is -2.46. The molecule has 3 heterocycles. The van der Waals surface area contributed by atoms with Gasteiger partial charge in [0, 0.05) is 57.4 Å². The van der Waals surface area contributed by atoms with E-state index in [0.717, 1.165) is 85.9 Å². The molecule has 1 aromatic carbocycles. The summed E-state index contributed by atoms with van der Waals surface area (Å²) in [5.74, 6) is 3.65. The molecule has 0 bridgehead atoms. The molecule has 2 atom stereocenters. The topological polar surface area (TPSA) is 79.5 Å². The Labute approximate surface area is 225 Å². The third kappa shape index (κ3) is 6.61. The highest BCUT2D eigenvalue weighted by Gasteiger charge is 2.45. The lowest BCUT2D eigenvalue weighted by Crippen LogP contribution is -2.55. The van der Waals surface area contributed by atoms with Gasteiger partial charge in [0.25, 0.3) is 0 Å². The SMILES string of the molecule is COCCN1CCN(C2=NC(SCCc3ccc(OC)c(OC)c3)=C(C#N)C3CC(C)(C)OCC23)CC1. The van der Waals surface area contributed by atoms with Gasteiger partial charge in [-0.15, -0.1) is 11.8 Å². The molecule has 202 valence electrons. The summed E-state index contributed by atoms with van der Waals surface area (Å²) in [4.78, 5) is 10.0. The number of piperazine rings is 1. The number of nitriles is 1. The van der Waals surface area contributed by atoms with Crippen LogP contribution in [0.25, 0.3) is 0 Å². The van der Waals surface area contributed by atoms with Gasteiger partial charge in [0.15, 0.2) is 11.5 Å². The van der Waals surface area contributed by atoms with Gasteiger partial charge in [-0.25, -0.2) is 4.99 Å². The second-order valence-electron chi connectivity index (χ2n) is 10.4. The smallest absolute Gasteiger partial charge is 0.160 e. The van der Waals surface area contributed by atoms with Gasteiger partial charge in [0.1, 0.15) is 10.9 Å². The van der Waals surface area contributed by atoms with Crippen molar-refractivity contribution in [1.82, 2.24) is 9.80 Å². The van der Waals surface area contributed by atoms with Gasteiger partial charge >= 0.3 is 0 Å². The average molecular weight is 529 g/mol. The minimum absolute atomic E-state index is 0.128. The summed E-state index contributed by atoms with van der Waals surface area (Å²) >= 11 is 1.69. The molecule has 37 heavy (non-hydrogen) atoms. The van der Waals surface area contributed by atoms with Crippen molar-refractivity contribution in [1.29, 1.82) is 5.26 Å². The summed E-state index contributed by atoms with van der Waals surface area (Å²) in [6.07, 6.45) is 1.67. The van der Waals surface area contributed by atoms with Crippen LogP contribution in [0.1, 0.15) is 25.8 Å². The minimum Gasteiger partial charge on any atom is -0.493 e. The van der Waals surface area contributed by atoms with Crippen LogP contribution in [0.15, 0.2) is 33.8 Å². The van der Waals surface area contributed by atoms with Crippen LogP contribution in [0.3, 0.4) is 0 Å². The van der Waals surface area contributed by atoms with Gasteiger partial charge in [-0.05, 0) is 44.4 Å². The summed E-state index contributed by atoms with van der Waals surface area (Å²) in [5.41, 5.74) is 1.74. The summed E-state index contributed by atoms with van der Waals surface area (Å²) in [7, 11) is 5.05. The van der Waals surface area contributed by atoms with E-state index in [2.05, 4.69) is 35.8 Å². The molecule has 9 heteroatoms. The molecule has 0 N–H and O–H groups in total. The standard InChI is InChI=1S/C28H40N4O4S/c1-28(2)17-21-22(18-29)27(37-15-8-20-6-7-24(34-4)25(16-20)35-5)30-26(23(21)19-36-28)32-11-9-31(10-12-32)13-14-33-3/h6-7,16,21,23H,8-15,17,19H2,1-5H3. The summed E-state index contributed by atoms with van der Waals surface area (Å²) in [5, 5.41) is 11.1. The lowest BCUT2D eigenvalue weighted by molar-refractivity contribution is -0.0827. The molecule has 0 radical (unpaired) electrons. The highest BCUT2D eigenvalue weighted by Crippen LogP contribution is 2.44. The van der Waals surface area contributed by atoms with E-state index in [9.17, 15) is 5.26 Å². The predicted octanol–water partition coefficient (Wildman–Crippen LogP) is 3.82. The van der Waals surface area contributed by atoms with Crippen molar-refractivity contribution in [2.75, 3.05) is 73.0 Å². The Balaban J connectivity index is 1.52. The molecule has 0 spiro atoms. The van der Waals surface area contributed by atoms with E-state index in [4.69, 9.17) is 23.9 Å². The highest BCUT2D eigenvalue weighted by atomic mass is 32.2. The molecule has 0 saturated carbocycles. The number of hydrogen-bond donors (Lipinski definition) is 0. The zero-order valence-corrected chi connectivity index (χ0v) is 23.6. The van der Waals surface area contributed by atoms with Gasteiger partial charge < -0.3 is 23.8 Å². The first kappa shape index (κ1) is 27.8. The molecule has 2 fully saturated rings. The lowest BCUT2D eigenvalue weighted by atomic mass is 9.75. The molecular formula is C28H40N4O4S. The number of fused-ring (bicyclic) bond motifs is 1. The van der Waals surface area contributed by atoms with E-state index < -0.39 is 0 Å². The first-order valence-corrected chi connectivity index (χ1v) is 14.0. The maximum atomic E-state index is 10.2. The van der Waals surface area contributed by atoms with E-state index in [-0.39, 0.29) is 17.4 Å². The number of hydrogen-bond acceptors (Lipinski definition) is 9. The fourth-order valence-corrected chi connectivity index (χ4v) is 6.44. The number of rotatable bonds is 9. The molecule has 1 aromatic rings. The van der Waals surface area contributed by atoms with Gasteiger partial charge in [0.05, 0.1) is 44.7 Å². The van der Waals surface area contributed by atoms with Gasteiger partial charge in [-0.3, -0.25) is 4.90 Å². The number of ether oxygens (including phenoxy) is 4. The Kier molecular flexibility index (Phi) is 9.41. The third-order valence-electron chi connectivity index (χ3n) is 7.51. The molecule has 0 aromatic heterocycles. The number of thioether (sulfide) groups is 1. The Hall–Kier alpha value is -2.25. The highest BCUT2D eigenvalue weighted by molar-refractivity contribution is 8.03. The van der Waals surface area contributed by atoms with Crippen LogP contribution in [-0.2, 0) is 15.9 Å². The number of aliphatic imine (C=N–C) groups is 1. The molecule has 3 aliphatic heterocycles. The summed E-state index contributed by atoms with van der Waals surface area (Å²) in [6, 6.07) is 8.58. The zero-order valence-electron chi connectivity index (χ0n) is 22.8. The van der Waals surface area contributed by atoms with Crippen molar-refractivity contribution in [2.45, 2.75) is 32.3 Å². The first-order valence-electron chi connectivity index (χ1n) is 13.1. The molecule has 4 rings (SSSR count). The fourth-order valence-electron chi connectivity index (χ4n) is 5.39. The molecule has 3 aliphatic rings. The Morgan fingerprint density at radius 3 is 2.54 bits per heavy atom. The van der Waals surface area contributed by atoms with Crippen molar-refractivity contribution in [2.24, 2.45) is 16.8 Å². The molecule has 0 aliphatic carbocycles. The van der Waals surface area contributed by atoms with Crippen LogP contribution in [-0.4, -0.2) is 94.3 Å². The fraction of sp³-hybridized carbons (Fsp3) is 0.643. The van der Waals surface area contributed by atoms with Crippen LogP contribution in [0, 0.1) is 23.2 Å². The predicted molar refractivity (Wildman–Crippen MR) is 147 cm³/mol. The first-order chi connectivity index (χ1) is 17.9. The second-order valence-corrected chi connectivity index (χ2v) is 11.5. The van der Waals surface area contributed by atoms with Crippen molar-refractivity contribution in [3.63, 3.8) is 0 Å². The molecular weight excluding hydrogens is 488 g/mol. The number of aryl methyl sites for hydroxylation is 1. The van der Waals surface area contributed by atoms with Crippen molar-refractivity contribution >= 4 is 17.6 Å². The van der Waals surface area contributed by atoms with Gasteiger partial charge in [-0.2, -0.15) is 5.26 Å². The molecule has 8 nitrogen and oxygen atoms in total. The minimum atomic E-state index is -0.250. The van der Waals surface area contributed by atoms with Crippen LogP contribution >= 0.6 is 11.8 Å². The average Bonchev–Trinajstić information content (AvgIpc) is 2.91. The van der Waals surface area contributed by atoms with E-state index >= 15 is 0 Å². The summed E-state index contributed by atoms with van der Waals surface area (Å²) < 4.78 is 22.3. The van der Waals surface area contributed by atoms with Crippen molar-refractivity contribution < 1.29 is 18.9 Å². The van der Waals surface area contributed by atoms with E-state index in [1.165, 1.54) is 5.56 Å². The molecule has 2 unspecified atom stereocenters. The Morgan fingerprint density at radius 2 is 1.86 bits per heavy atom. The molecule has 0 amide bonds. The second kappa shape index (κ2) is 12.5. The molecule has 2 saturated heterocycles. The Morgan fingerprint density at radius 1 is 1.11 bits per heavy atom. The number of amidine groups is 1. The summed E-state index contributed by atoms with van der Waals surface area (Å²) in [6.45, 7) is 10.4. The van der Waals surface area contributed by atoms with Crippen LogP contribution in [0.5, 0.6) is 11.5 Å². The monoisotopic (exact) mass is 528 g/mol.